The van der Waals surface area contributed by atoms with Gasteiger partial charge in [-0.05, 0) is 22.5 Å². The van der Waals surface area contributed by atoms with Crippen LogP contribution in [0.1, 0.15) is 6.42 Å². The van der Waals surface area contributed by atoms with Crippen molar-refractivity contribution < 1.29 is 0 Å². The van der Waals surface area contributed by atoms with E-state index >= 15 is 0 Å². The SMILES string of the molecule is C[Si](C)(Cl)CCC[Si](Cl)(c1ccccc1)c1ccccc1. The Morgan fingerprint density at radius 2 is 1.14 bits per heavy atom. The largest absolute Gasteiger partial charge is 0.217 e. The fraction of sp³-hybridized carbons (Fsp3) is 0.294. The lowest BCUT2D eigenvalue weighted by atomic mass is 10.4. The third-order valence-electron chi connectivity index (χ3n) is 3.76. The zero-order chi connectivity index (χ0) is 15.3. The van der Waals surface area contributed by atoms with Crippen molar-refractivity contribution in [1.82, 2.24) is 0 Å². The first kappa shape index (κ1) is 16.8. The summed E-state index contributed by atoms with van der Waals surface area (Å²) in [5, 5.41) is 2.60. The molecule has 0 fully saturated rings. The maximum Gasteiger partial charge on any atom is 0.217 e. The van der Waals surface area contributed by atoms with Gasteiger partial charge >= 0.3 is 0 Å². The molecule has 0 aromatic heterocycles. The standard InChI is InChI=1S/C17H22Cl2Si2/c1-20(2,18)14-9-15-21(19,16-10-5-3-6-11-16)17-12-7-4-8-13-17/h3-8,10-13H,9,14-15H2,1-2H3. The lowest BCUT2D eigenvalue weighted by Gasteiger charge is -2.26. The molecule has 4 heteroatoms. The van der Waals surface area contributed by atoms with Gasteiger partial charge in [0.1, 0.15) is 7.38 Å². The Labute approximate surface area is 139 Å². The summed E-state index contributed by atoms with van der Waals surface area (Å²) in [6.45, 7) is 4.41. The first-order chi connectivity index (χ1) is 9.92. The molecule has 0 aliphatic rings. The van der Waals surface area contributed by atoms with E-state index in [0.29, 0.717) is 0 Å². The molecule has 0 aliphatic carbocycles. The monoisotopic (exact) mass is 352 g/mol. The highest BCUT2D eigenvalue weighted by molar-refractivity contribution is 7.34. The van der Waals surface area contributed by atoms with Crippen LogP contribution in [0.25, 0.3) is 0 Å². The van der Waals surface area contributed by atoms with Crippen LogP contribution in [0.5, 0.6) is 0 Å². The van der Waals surface area contributed by atoms with E-state index in [-0.39, 0.29) is 0 Å². The molecule has 0 saturated heterocycles. The Hall–Kier alpha value is -0.546. The molecule has 0 nitrogen and oxygen atoms in total. The van der Waals surface area contributed by atoms with Crippen LogP contribution in [-0.2, 0) is 0 Å². The maximum absolute atomic E-state index is 7.23. The van der Waals surface area contributed by atoms with Gasteiger partial charge in [-0.1, -0.05) is 80.2 Å². The van der Waals surface area contributed by atoms with Gasteiger partial charge in [-0.2, -0.15) is 22.2 Å². The first-order valence-corrected chi connectivity index (χ1v) is 14.8. The summed E-state index contributed by atoms with van der Waals surface area (Å²) in [5.74, 6) is 0. The smallest absolute Gasteiger partial charge is 0.168 e. The molecule has 0 saturated carbocycles. The number of rotatable bonds is 6. The van der Waals surface area contributed by atoms with Gasteiger partial charge in [-0.15, -0.1) is 0 Å². The summed E-state index contributed by atoms with van der Waals surface area (Å²) in [6, 6.07) is 23.3. The molecule has 21 heavy (non-hydrogen) atoms. The maximum atomic E-state index is 7.23. The van der Waals surface area contributed by atoms with E-state index < -0.39 is 14.8 Å². The molecule has 2 aromatic rings. The molecule has 0 amide bonds. The minimum absolute atomic E-state index is 1.05. The molecule has 112 valence electrons. The van der Waals surface area contributed by atoms with Crippen LogP contribution in [0.15, 0.2) is 60.7 Å². The zero-order valence-corrected chi connectivity index (χ0v) is 16.2. The normalized spacial score (nSPS) is 12.4. The van der Waals surface area contributed by atoms with Gasteiger partial charge in [-0.25, -0.2) is 0 Å². The van der Waals surface area contributed by atoms with Crippen LogP contribution in [0.4, 0.5) is 0 Å². The van der Waals surface area contributed by atoms with Crippen LogP contribution >= 0.6 is 22.2 Å². The van der Waals surface area contributed by atoms with Gasteiger partial charge in [0, 0.05) is 0 Å². The number of halogens is 2. The Bertz CT molecular complexity index is 511. The van der Waals surface area contributed by atoms with Crippen LogP contribution < -0.4 is 10.4 Å². The molecule has 2 rings (SSSR count). The predicted octanol–water partition coefficient (Wildman–Crippen LogP) is 4.82. The zero-order valence-electron chi connectivity index (χ0n) is 12.7. The van der Waals surface area contributed by atoms with Gasteiger partial charge < -0.3 is 0 Å². The van der Waals surface area contributed by atoms with Crippen molar-refractivity contribution >= 4 is 47.3 Å². The second-order valence-corrected chi connectivity index (χ2v) is 18.3. The topological polar surface area (TPSA) is 0 Å². The Morgan fingerprint density at radius 3 is 1.52 bits per heavy atom. The summed E-state index contributed by atoms with van der Waals surface area (Å²) in [7, 11) is -3.69. The summed E-state index contributed by atoms with van der Waals surface area (Å²) < 4.78 is 0. The average molecular weight is 353 g/mol. The van der Waals surface area contributed by atoms with Crippen LogP contribution in [0, 0.1) is 0 Å². The van der Waals surface area contributed by atoms with E-state index in [1.807, 2.05) is 0 Å². The van der Waals surface area contributed by atoms with Crippen molar-refractivity contribution in [1.29, 1.82) is 0 Å². The third kappa shape index (κ3) is 4.71. The number of benzene rings is 2. The highest BCUT2D eigenvalue weighted by Gasteiger charge is 2.35. The highest BCUT2D eigenvalue weighted by Crippen LogP contribution is 2.24. The van der Waals surface area contributed by atoms with Crippen molar-refractivity contribution in [2.45, 2.75) is 31.6 Å². The van der Waals surface area contributed by atoms with Crippen LogP contribution in [0.3, 0.4) is 0 Å². The fourth-order valence-electron chi connectivity index (χ4n) is 2.61. The average Bonchev–Trinajstić information content (AvgIpc) is 2.47. The van der Waals surface area contributed by atoms with E-state index in [9.17, 15) is 0 Å². The van der Waals surface area contributed by atoms with Crippen LogP contribution in [0.2, 0.25) is 25.2 Å². The number of hydrogen-bond donors (Lipinski definition) is 0. The first-order valence-electron chi connectivity index (χ1n) is 7.41. The molecule has 0 aliphatic heterocycles. The van der Waals surface area contributed by atoms with Crippen molar-refractivity contribution in [2.24, 2.45) is 0 Å². The van der Waals surface area contributed by atoms with Crippen molar-refractivity contribution in [3.63, 3.8) is 0 Å². The van der Waals surface area contributed by atoms with Gasteiger partial charge in [0.05, 0.1) is 0 Å². The number of hydrogen-bond acceptors (Lipinski definition) is 0. The van der Waals surface area contributed by atoms with Crippen LogP contribution in [-0.4, -0.2) is 14.8 Å². The highest BCUT2D eigenvalue weighted by atomic mass is 35.6. The minimum Gasteiger partial charge on any atom is -0.168 e. The molecular weight excluding hydrogens is 331 g/mol. The summed E-state index contributed by atoms with van der Waals surface area (Å²) >= 11 is 13.7. The van der Waals surface area contributed by atoms with E-state index in [4.69, 9.17) is 22.2 Å². The Morgan fingerprint density at radius 1 is 0.714 bits per heavy atom. The Kier molecular flexibility index (Phi) is 5.72. The van der Waals surface area contributed by atoms with Crippen molar-refractivity contribution in [3.8, 4) is 0 Å². The summed E-state index contributed by atoms with van der Waals surface area (Å²) in [6.07, 6.45) is 1.11. The second kappa shape index (κ2) is 7.14. The summed E-state index contributed by atoms with van der Waals surface area (Å²) in [5.41, 5.74) is 0. The van der Waals surface area contributed by atoms with E-state index in [1.165, 1.54) is 10.4 Å². The fourth-order valence-corrected chi connectivity index (χ4v) is 8.56. The van der Waals surface area contributed by atoms with E-state index in [0.717, 1.165) is 18.5 Å². The molecule has 0 bridgehead atoms. The van der Waals surface area contributed by atoms with Gasteiger partial charge in [0.15, 0.2) is 0 Å². The molecule has 0 atom stereocenters. The summed E-state index contributed by atoms with van der Waals surface area (Å²) in [4.78, 5) is 0. The molecule has 0 N–H and O–H groups in total. The molecule has 2 aromatic carbocycles. The molecular formula is C17H22Cl2Si2. The molecule has 0 radical (unpaired) electrons. The third-order valence-corrected chi connectivity index (χ3v) is 11.3. The Balaban J connectivity index is 2.27. The van der Waals surface area contributed by atoms with Crippen molar-refractivity contribution in [3.05, 3.63) is 60.7 Å². The minimum atomic E-state index is -2.17. The lowest BCUT2D eigenvalue weighted by molar-refractivity contribution is 1.04. The van der Waals surface area contributed by atoms with Gasteiger partial charge in [-0.3, -0.25) is 0 Å². The molecule has 0 unspecified atom stereocenters. The quantitative estimate of drug-likeness (QED) is 0.516. The lowest BCUT2D eigenvalue weighted by Crippen LogP contribution is -2.53. The van der Waals surface area contributed by atoms with Gasteiger partial charge in [0.2, 0.25) is 7.38 Å². The molecule has 0 spiro atoms. The van der Waals surface area contributed by atoms with E-state index in [2.05, 4.69) is 73.8 Å². The second-order valence-electron chi connectivity index (χ2n) is 6.11. The van der Waals surface area contributed by atoms with E-state index in [1.54, 1.807) is 0 Å². The predicted molar refractivity (Wildman–Crippen MR) is 101 cm³/mol. The van der Waals surface area contributed by atoms with Crippen molar-refractivity contribution in [2.75, 3.05) is 0 Å². The molecule has 0 heterocycles. The van der Waals surface area contributed by atoms with Gasteiger partial charge in [0.25, 0.3) is 0 Å².